The number of nitrogens with one attached hydrogen (secondary N) is 2. The van der Waals surface area contributed by atoms with Crippen molar-refractivity contribution >= 4 is 22.7 Å². The van der Waals surface area contributed by atoms with E-state index in [1.54, 1.807) is 36.7 Å². The number of nitrogens with zero attached hydrogens (tertiary/aromatic N) is 2. The van der Waals surface area contributed by atoms with Crippen LogP contribution in [0.25, 0.3) is 10.9 Å². The van der Waals surface area contributed by atoms with Crippen molar-refractivity contribution < 1.29 is 9.59 Å². The SMILES string of the molecule is O=C(NCCNC(=O)c1ccc2cccnc2c1)c1cccnc1. The lowest BCUT2D eigenvalue weighted by molar-refractivity contribution is 0.0927. The molecule has 0 saturated carbocycles. The van der Waals surface area contributed by atoms with E-state index in [-0.39, 0.29) is 11.8 Å². The molecule has 0 saturated heterocycles. The Morgan fingerprint density at radius 2 is 1.62 bits per heavy atom. The van der Waals surface area contributed by atoms with Crippen LogP contribution in [0.5, 0.6) is 0 Å². The van der Waals surface area contributed by atoms with Crippen molar-refractivity contribution in [3.05, 3.63) is 72.2 Å². The van der Waals surface area contributed by atoms with Gasteiger partial charge in [0.2, 0.25) is 0 Å². The van der Waals surface area contributed by atoms with Gasteiger partial charge in [-0.1, -0.05) is 12.1 Å². The average molecular weight is 320 g/mol. The fraction of sp³-hybridized carbons (Fsp3) is 0.111. The van der Waals surface area contributed by atoms with E-state index in [1.165, 1.54) is 6.20 Å². The molecule has 120 valence electrons. The summed E-state index contributed by atoms with van der Waals surface area (Å²) in [4.78, 5) is 32.1. The summed E-state index contributed by atoms with van der Waals surface area (Å²) in [6.07, 6.45) is 4.80. The fourth-order valence-corrected chi connectivity index (χ4v) is 2.26. The van der Waals surface area contributed by atoms with E-state index >= 15 is 0 Å². The molecule has 0 radical (unpaired) electrons. The number of hydrogen-bond donors (Lipinski definition) is 2. The third-order valence-corrected chi connectivity index (χ3v) is 3.49. The molecule has 2 N–H and O–H groups in total. The molecule has 24 heavy (non-hydrogen) atoms. The van der Waals surface area contributed by atoms with Crippen LogP contribution in [-0.4, -0.2) is 34.9 Å². The van der Waals surface area contributed by atoms with Crippen molar-refractivity contribution in [3.63, 3.8) is 0 Å². The van der Waals surface area contributed by atoms with Crippen LogP contribution in [0.1, 0.15) is 20.7 Å². The summed E-state index contributed by atoms with van der Waals surface area (Å²) >= 11 is 0. The van der Waals surface area contributed by atoms with Gasteiger partial charge >= 0.3 is 0 Å². The van der Waals surface area contributed by atoms with Crippen molar-refractivity contribution in [2.24, 2.45) is 0 Å². The van der Waals surface area contributed by atoms with Gasteiger partial charge in [-0.25, -0.2) is 0 Å². The maximum Gasteiger partial charge on any atom is 0.252 e. The predicted octanol–water partition coefficient (Wildman–Crippen LogP) is 1.79. The first-order chi connectivity index (χ1) is 11.7. The second-order valence-electron chi connectivity index (χ2n) is 5.16. The van der Waals surface area contributed by atoms with Crippen LogP contribution in [-0.2, 0) is 0 Å². The Bertz CT molecular complexity index is 865. The van der Waals surface area contributed by atoms with Gasteiger partial charge in [0.05, 0.1) is 11.1 Å². The van der Waals surface area contributed by atoms with E-state index in [9.17, 15) is 9.59 Å². The minimum Gasteiger partial charge on any atom is -0.350 e. The molecule has 3 rings (SSSR count). The van der Waals surface area contributed by atoms with Crippen molar-refractivity contribution in [2.75, 3.05) is 13.1 Å². The van der Waals surface area contributed by atoms with Crippen LogP contribution in [0.15, 0.2) is 61.1 Å². The Labute approximate surface area is 138 Å². The van der Waals surface area contributed by atoms with Gasteiger partial charge in [0.15, 0.2) is 0 Å². The lowest BCUT2D eigenvalue weighted by Crippen LogP contribution is -2.34. The molecule has 3 aromatic rings. The molecule has 2 amide bonds. The van der Waals surface area contributed by atoms with Crippen LogP contribution >= 0.6 is 0 Å². The maximum absolute atomic E-state index is 12.1. The smallest absolute Gasteiger partial charge is 0.252 e. The Morgan fingerprint density at radius 3 is 2.38 bits per heavy atom. The normalized spacial score (nSPS) is 10.3. The second-order valence-corrected chi connectivity index (χ2v) is 5.16. The van der Waals surface area contributed by atoms with Crippen molar-refractivity contribution in [1.29, 1.82) is 0 Å². The minimum absolute atomic E-state index is 0.196. The first-order valence-corrected chi connectivity index (χ1v) is 7.55. The third-order valence-electron chi connectivity index (χ3n) is 3.49. The third kappa shape index (κ3) is 3.73. The summed E-state index contributed by atoms with van der Waals surface area (Å²) in [6.45, 7) is 0.677. The minimum atomic E-state index is -0.216. The average Bonchev–Trinajstić information content (AvgIpc) is 2.65. The van der Waals surface area contributed by atoms with Crippen LogP contribution in [0, 0.1) is 0 Å². The maximum atomic E-state index is 12.1. The molecule has 1 aromatic carbocycles. The fourth-order valence-electron chi connectivity index (χ4n) is 2.26. The number of amides is 2. The van der Waals surface area contributed by atoms with Crippen LogP contribution in [0.2, 0.25) is 0 Å². The standard InChI is InChI=1S/C18H16N4O2/c23-17(14-6-5-13-3-2-8-20-16(13)11-14)21-9-10-22-18(24)15-4-1-7-19-12-15/h1-8,11-12H,9-10H2,(H,21,23)(H,22,24). The lowest BCUT2D eigenvalue weighted by Gasteiger charge is -2.07. The first-order valence-electron chi connectivity index (χ1n) is 7.55. The van der Waals surface area contributed by atoms with Gasteiger partial charge < -0.3 is 10.6 Å². The van der Waals surface area contributed by atoms with Gasteiger partial charge in [-0.15, -0.1) is 0 Å². The Kier molecular flexibility index (Phi) is 4.76. The highest BCUT2D eigenvalue weighted by atomic mass is 16.2. The molecule has 6 heteroatoms. The zero-order valence-electron chi connectivity index (χ0n) is 12.9. The van der Waals surface area contributed by atoms with Gasteiger partial charge in [-0.3, -0.25) is 19.6 Å². The Hall–Kier alpha value is -3.28. The van der Waals surface area contributed by atoms with Gasteiger partial charge in [-0.05, 0) is 30.3 Å². The molecule has 0 unspecified atom stereocenters. The van der Waals surface area contributed by atoms with E-state index < -0.39 is 0 Å². The number of aromatic nitrogens is 2. The number of carbonyl (C=O) groups is 2. The summed E-state index contributed by atoms with van der Waals surface area (Å²) in [7, 11) is 0. The number of benzene rings is 1. The molecular formula is C18H16N4O2. The van der Waals surface area contributed by atoms with Gasteiger partial charge in [-0.2, -0.15) is 0 Å². The quantitative estimate of drug-likeness (QED) is 0.702. The molecule has 0 aliphatic heterocycles. The van der Waals surface area contributed by atoms with Gasteiger partial charge in [0, 0.05) is 42.6 Å². The van der Waals surface area contributed by atoms with Crippen LogP contribution in [0.3, 0.4) is 0 Å². The summed E-state index contributed by atoms with van der Waals surface area (Å²) in [6, 6.07) is 12.5. The Balaban J connectivity index is 1.51. The highest BCUT2D eigenvalue weighted by Crippen LogP contribution is 2.12. The van der Waals surface area contributed by atoms with E-state index in [2.05, 4.69) is 20.6 Å². The van der Waals surface area contributed by atoms with E-state index in [0.717, 1.165) is 10.9 Å². The number of carbonyl (C=O) groups excluding carboxylic acids is 2. The van der Waals surface area contributed by atoms with Crippen molar-refractivity contribution in [3.8, 4) is 0 Å². The largest absolute Gasteiger partial charge is 0.350 e. The van der Waals surface area contributed by atoms with Crippen LogP contribution < -0.4 is 10.6 Å². The number of pyridine rings is 2. The molecular weight excluding hydrogens is 304 g/mol. The Morgan fingerprint density at radius 1 is 0.875 bits per heavy atom. The van der Waals surface area contributed by atoms with Crippen LogP contribution in [0.4, 0.5) is 0 Å². The first kappa shape index (κ1) is 15.6. The number of rotatable bonds is 5. The predicted molar refractivity (Wildman–Crippen MR) is 90.6 cm³/mol. The summed E-state index contributed by atoms with van der Waals surface area (Å²) in [5, 5.41) is 6.49. The molecule has 2 aromatic heterocycles. The summed E-state index contributed by atoms with van der Waals surface area (Å²) < 4.78 is 0. The van der Waals surface area contributed by atoms with Gasteiger partial charge in [0.1, 0.15) is 0 Å². The summed E-state index contributed by atoms with van der Waals surface area (Å²) in [5.74, 6) is -0.412. The molecule has 2 heterocycles. The van der Waals surface area contributed by atoms with E-state index in [4.69, 9.17) is 0 Å². The summed E-state index contributed by atoms with van der Waals surface area (Å²) in [5.41, 5.74) is 1.80. The lowest BCUT2D eigenvalue weighted by atomic mass is 10.1. The molecule has 0 aliphatic carbocycles. The molecule has 0 fully saturated rings. The monoisotopic (exact) mass is 320 g/mol. The van der Waals surface area contributed by atoms with Crippen molar-refractivity contribution in [2.45, 2.75) is 0 Å². The highest BCUT2D eigenvalue weighted by Gasteiger charge is 2.07. The second kappa shape index (κ2) is 7.32. The number of fused-ring (bicyclic) bond motifs is 1. The topological polar surface area (TPSA) is 84.0 Å². The molecule has 0 aliphatic rings. The zero-order chi connectivity index (χ0) is 16.8. The highest BCUT2D eigenvalue weighted by molar-refractivity contribution is 5.97. The molecule has 0 atom stereocenters. The number of hydrogen-bond acceptors (Lipinski definition) is 4. The molecule has 0 spiro atoms. The zero-order valence-corrected chi connectivity index (χ0v) is 12.9. The molecule has 6 nitrogen and oxygen atoms in total. The van der Waals surface area contributed by atoms with E-state index in [0.29, 0.717) is 24.2 Å². The van der Waals surface area contributed by atoms with E-state index in [1.807, 2.05) is 18.2 Å². The van der Waals surface area contributed by atoms with Crippen molar-refractivity contribution in [1.82, 2.24) is 20.6 Å². The molecule has 0 bridgehead atoms. The van der Waals surface area contributed by atoms with Gasteiger partial charge in [0.25, 0.3) is 11.8 Å².